The first-order chi connectivity index (χ1) is 17.5. The van der Waals surface area contributed by atoms with E-state index in [2.05, 4.69) is 20.4 Å². The maximum absolute atomic E-state index is 14.8. The van der Waals surface area contributed by atoms with Crippen LogP contribution in [0.4, 0.5) is 27.6 Å². The molecule has 0 spiro atoms. The van der Waals surface area contributed by atoms with Crippen LogP contribution >= 0.6 is 0 Å². The SMILES string of the molecule is CN=C(NC1CN(c2cc(F)c(C3CCC(=O)NC3=O)c(F)c2)C1)OCc1ccc(OC(F)(F)F)cc1. The zero-order valence-corrected chi connectivity index (χ0v) is 19.6. The number of amides is 2. The Bertz CT molecular complexity index is 1170. The summed E-state index contributed by atoms with van der Waals surface area (Å²) in [4.78, 5) is 29.1. The molecule has 2 saturated heterocycles. The van der Waals surface area contributed by atoms with Gasteiger partial charge in [-0.3, -0.25) is 14.9 Å². The van der Waals surface area contributed by atoms with Crippen LogP contribution in [0.5, 0.6) is 5.75 Å². The number of benzene rings is 2. The van der Waals surface area contributed by atoms with E-state index in [4.69, 9.17) is 4.74 Å². The first kappa shape index (κ1) is 26.2. The largest absolute Gasteiger partial charge is 0.573 e. The standard InChI is InChI=1S/C24H23F5N4O4/c1-30-23(36-12-13-2-4-16(5-3-13)37-24(27,28)29)31-14-10-33(11-14)15-8-18(25)21(19(26)9-15)17-6-7-20(34)32-22(17)35/h2-5,8-9,14,17H,6-7,10-12H2,1H3,(H,30,31)(H,32,34,35). The number of alkyl halides is 3. The Kier molecular flexibility index (Phi) is 7.50. The number of nitrogens with one attached hydrogen (secondary N) is 2. The number of ether oxygens (including phenoxy) is 2. The van der Waals surface area contributed by atoms with Crippen molar-refractivity contribution >= 4 is 23.5 Å². The van der Waals surface area contributed by atoms with Gasteiger partial charge in [-0.05, 0) is 36.2 Å². The number of anilines is 1. The van der Waals surface area contributed by atoms with Gasteiger partial charge in [0, 0.05) is 37.8 Å². The molecule has 13 heteroatoms. The first-order valence-electron chi connectivity index (χ1n) is 11.3. The van der Waals surface area contributed by atoms with E-state index in [9.17, 15) is 31.5 Å². The second kappa shape index (κ2) is 10.6. The summed E-state index contributed by atoms with van der Waals surface area (Å²) in [6, 6.07) is 7.60. The topological polar surface area (TPSA) is 92.3 Å². The van der Waals surface area contributed by atoms with E-state index in [1.54, 1.807) is 4.90 Å². The maximum Gasteiger partial charge on any atom is 0.573 e. The molecular formula is C24H23F5N4O4. The molecule has 2 aromatic rings. The molecule has 8 nitrogen and oxygen atoms in total. The Morgan fingerprint density at radius 1 is 1.14 bits per heavy atom. The van der Waals surface area contributed by atoms with Crippen LogP contribution in [0.2, 0.25) is 0 Å². The summed E-state index contributed by atoms with van der Waals surface area (Å²) in [5.41, 5.74) is 0.548. The van der Waals surface area contributed by atoms with Gasteiger partial charge in [-0.25, -0.2) is 13.8 Å². The fraction of sp³-hybridized carbons (Fsp3) is 0.375. The molecule has 2 N–H and O–H groups in total. The minimum Gasteiger partial charge on any atom is -0.460 e. The highest BCUT2D eigenvalue weighted by molar-refractivity contribution is 6.01. The third-order valence-corrected chi connectivity index (χ3v) is 5.96. The second-order valence-electron chi connectivity index (χ2n) is 8.58. The lowest BCUT2D eigenvalue weighted by Crippen LogP contribution is -2.59. The minimum absolute atomic E-state index is 0.0116. The maximum atomic E-state index is 14.8. The average Bonchev–Trinajstić information content (AvgIpc) is 2.78. The lowest BCUT2D eigenvalue weighted by molar-refractivity contribution is -0.274. The van der Waals surface area contributed by atoms with E-state index < -0.39 is 35.7 Å². The number of rotatable bonds is 6. The molecule has 2 aromatic carbocycles. The molecule has 37 heavy (non-hydrogen) atoms. The molecule has 2 amide bonds. The number of carbonyl (C=O) groups excluding carboxylic acids is 2. The van der Waals surface area contributed by atoms with Crippen molar-refractivity contribution < 1.29 is 41.0 Å². The van der Waals surface area contributed by atoms with E-state index in [1.165, 1.54) is 31.3 Å². The summed E-state index contributed by atoms with van der Waals surface area (Å²) < 4.78 is 75.7. The Hall–Kier alpha value is -3.90. The van der Waals surface area contributed by atoms with Crippen LogP contribution in [0.25, 0.3) is 0 Å². The highest BCUT2D eigenvalue weighted by Crippen LogP contribution is 2.33. The van der Waals surface area contributed by atoms with Crippen molar-refractivity contribution in [2.75, 3.05) is 25.0 Å². The first-order valence-corrected chi connectivity index (χ1v) is 11.3. The normalized spacial score (nSPS) is 18.8. The third-order valence-electron chi connectivity index (χ3n) is 5.96. The molecule has 2 fully saturated rings. The van der Waals surface area contributed by atoms with Crippen LogP contribution in [-0.2, 0) is 20.9 Å². The van der Waals surface area contributed by atoms with Gasteiger partial charge in [0.15, 0.2) is 0 Å². The Balaban J connectivity index is 1.29. The van der Waals surface area contributed by atoms with Crippen molar-refractivity contribution in [2.45, 2.75) is 37.8 Å². The molecule has 0 bridgehead atoms. The second-order valence-corrected chi connectivity index (χ2v) is 8.58. The Morgan fingerprint density at radius 3 is 2.35 bits per heavy atom. The number of nitrogens with zero attached hydrogens (tertiary/aromatic N) is 2. The van der Waals surface area contributed by atoms with Crippen molar-refractivity contribution in [3.8, 4) is 5.75 Å². The summed E-state index contributed by atoms with van der Waals surface area (Å²) in [7, 11) is 1.50. The van der Waals surface area contributed by atoms with Crippen LogP contribution in [0.1, 0.15) is 29.9 Å². The zero-order valence-electron chi connectivity index (χ0n) is 19.6. The van der Waals surface area contributed by atoms with Crippen LogP contribution in [0.15, 0.2) is 41.4 Å². The summed E-state index contributed by atoms with van der Waals surface area (Å²) in [5.74, 6) is -4.30. The minimum atomic E-state index is -4.77. The van der Waals surface area contributed by atoms with E-state index in [1.807, 2.05) is 0 Å². The van der Waals surface area contributed by atoms with Crippen LogP contribution < -0.4 is 20.3 Å². The summed E-state index contributed by atoms with van der Waals surface area (Å²) in [5, 5.41) is 5.16. The van der Waals surface area contributed by atoms with Gasteiger partial charge in [0.1, 0.15) is 24.0 Å². The van der Waals surface area contributed by atoms with Gasteiger partial charge in [0.2, 0.25) is 11.8 Å². The molecule has 0 saturated carbocycles. The third kappa shape index (κ3) is 6.46. The Labute approximate surface area is 208 Å². The lowest BCUT2D eigenvalue weighted by Gasteiger charge is -2.41. The fourth-order valence-corrected chi connectivity index (χ4v) is 4.12. The fourth-order valence-electron chi connectivity index (χ4n) is 4.12. The lowest BCUT2D eigenvalue weighted by atomic mass is 9.89. The van der Waals surface area contributed by atoms with Crippen molar-refractivity contribution in [2.24, 2.45) is 4.99 Å². The van der Waals surface area contributed by atoms with E-state index in [0.717, 1.165) is 12.1 Å². The number of piperidine rings is 1. The Morgan fingerprint density at radius 2 is 1.78 bits per heavy atom. The number of imide groups is 1. The number of hydrogen-bond donors (Lipinski definition) is 2. The average molecular weight is 526 g/mol. The summed E-state index contributed by atoms with van der Waals surface area (Å²) in [6.45, 7) is 0.825. The van der Waals surface area contributed by atoms with Crippen molar-refractivity contribution in [3.63, 3.8) is 0 Å². The van der Waals surface area contributed by atoms with Gasteiger partial charge in [-0.2, -0.15) is 0 Å². The number of aliphatic imine (C=N–C) groups is 1. The monoisotopic (exact) mass is 526 g/mol. The quantitative estimate of drug-likeness (QED) is 0.260. The van der Waals surface area contributed by atoms with Crippen LogP contribution in [-0.4, -0.2) is 50.4 Å². The molecular weight excluding hydrogens is 503 g/mol. The smallest absolute Gasteiger partial charge is 0.460 e. The van der Waals surface area contributed by atoms with Crippen molar-refractivity contribution in [1.82, 2.24) is 10.6 Å². The molecule has 0 aromatic heterocycles. The molecule has 0 radical (unpaired) electrons. The van der Waals surface area contributed by atoms with Gasteiger partial charge in [-0.15, -0.1) is 13.2 Å². The van der Waals surface area contributed by atoms with E-state index in [0.29, 0.717) is 24.3 Å². The highest BCUT2D eigenvalue weighted by Gasteiger charge is 2.35. The molecule has 198 valence electrons. The molecule has 2 aliphatic heterocycles. The number of hydrogen-bond acceptors (Lipinski definition) is 6. The van der Waals surface area contributed by atoms with E-state index in [-0.39, 0.29) is 42.8 Å². The van der Waals surface area contributed by atoms with Gasteiger partial charge in [0.25, 0.3) is 6.02 Å². The zero-order chi connectivity index (χ0) is 26.7. The number of carbonyl (C=O) groups is 2. The molecule has 2 heterocycles. The van der Waals surface area contributed by atoms with Gasteiger partial charge < -0.3 is 19.7 Å². The molecule has 0 aliphatic carbocycles. The highest BCUT2D eigenvalue weighted by atomic mass is 19.4. The van der Waals surface area contributed by atoms with Crippen LogP contribution in [0.3, 0.4) is 0 Å². The molecule has 4 rings (SSSR count). The summed E-state index contributed by atoms with van der Waals surface area (Å²) >= 11 is 0. The molecule has 1 atom stereocenters. The molecule has 2 aliphatic rings. The van der Waals surface area contributed by atoms with E-state index >= 15 is 0 Å². The van der Waals surface area contributed by atoms with Crippen molar-refractivity contribution in [1.29, 1.82) is 0 Å². The van der Waals surface area contributed by atoms with Crippen LogP contribution in [0, 0.1) is 11.6 Å². The molecule has 1 unspecified atom stereocenters. The predicted octanol–water partition coefficient (Wildman–Crippen LogP) is 3.36. The number of halogens is 5. The number of amidine groups is 1. The van der Waals surface area contributed by atoms with Gasteiger partial charge in [-0.1, -0.05) is 12.1 Å². The van der Waals surface area contributed by atoms with Crippen molar-refractivity contribution in [3.05, 3.63) is 59.2 Å². The van der Waals surface area contributed by atoms with Gasteiger partial charge >= 0.3 is 6.36 Å². The van der Waals surface area contributed by atoms with Gasteiger partial charge in [0.05, 0.1) is 12.0 Å². The summed E-state index contributed by atoms with van der Waals surface area (Å²) in [6.07, 6.45) is -4.72. The predicted molar refractivity (Wildman–Crippen MR) is 122 cm³/mol.